The van der Waals surface area contributed by atoms with Crippen molar-refractivity contribution in [3.8, 4) is 0 Å². The van der Waals surface area contributed by atoms with Crippen molar-refractivity contribution in [2.24, 2.45) is 0 Å². The van der Waals surface area contributed by atoms with Crippen LogP contribution in [-0.2, 0) is 0 Å². The van der Waals surface area contributed by atoms with E-state index in [4.69, 9.17) is 23.2 Å². The highest BCUT2D eigenvalue weighted by atomic mass is 35.5. The summed E-state index contributed by atoms with van der Waals surface area (Å²) in [5.41, 5.74) is 0.805. The van der Waals surface area contributed by atoms with Crippen LogP contribution < -0.4 is 0 Å². The molecule has 0 aliphatic rings. The van der Waals surface area contributed by atoms with Crippen LogP contribution in [0, 0.1) is 0 Å². The van der Waals surface area contributed by atoms with Crippen molar-refractivity contribution >= 4 is 34.1 Å². The smallest absolute Gasteiger partial charge is 0.148 e. The first-order valence-electron chi connectivity index (χ1n) is 3.33. The van der Waals surface area contributed by atoms with Gasteiger partial charge in [0.2, 0.25) is 0 Å². The van der Waals surface area contributed by atoms with Gasteiger partial charge in [0, 0.05) is 17.8 Å². The van der Waals surface area contributed by atoms with Crippen molar-refractivity contribution in [3.05, 3.63) is 34.7 Å². The fourth-order valence-electron chi connectivity index (χ4n) is 0.968. The summed E-state index contributed by atoms with van der Waals surface area (Å²) in [7, 11) is 0. The fraction of sp³-hybridized carbons (Fsp3) is 0. The van der Waals surface area contributed by atoms with Gasteiger partial charge in [-0.2, -0.15) is 0 Å². The summed E-state index contributed by atoms with van der Waals surface area (Å²) in [4.78, 5) is 8.01. The van der Waals surface area contributed by atoms with Gasteiger partial charge in [-0.3, -0.25) is 4.98 Å². The van der Waals surface area contributed by atoms with E-state index in [0.29, 0.717) is 10.2 Å². The number of aromatic nitrogens is 2. The topological polar surface area (TPSA) is 25.8 Å². The molecular weight excluding hydrogens is 195 g/mol. The summed E-state index contributed by atoms with van der Waals surface area (Å²) in [6.45, 7) is 0. The predicted octanol–water partition coefficient (Wildman–Crippen LogP) is 2.94. The van der Waals surface area contributed by atoms with Crippen molar-refractivity contribution in [1.82, 2.24) is 9.97 Å². The van der Waals surface area contributed by atoms with Gasteiger partial charge in [0.15, 0.2) is 0 Å². The third kappa shape index (κ3) is 1.24. The Hall–Kier alpha value is -0.860. The zero-order chi connectivity index (χ0) is 8.55. The summed E-state index contributed by atoms with van der Waals surface area (Å²) in [6.07, 6.45) is 3.37. The highest BCUT2D eigenvalue weighted by Gasteiger charge is 2.00. The molecule has 60 valence electrons. The van der Waals surface area contributed by atoms with Crippen LogP contribution in [0.4, 0.5) is 0 Å². The maximum absolute atomic E-state index is 5.77. The number of rotatable bonds is 0. The van der Waals surface area contributed by atoms with Crippen LogP contribution in [0.2, 0.25) is 10.2 Å². The van der Waals surface area contributed by atoms with E-state index in [1.54, 1.807) is 24.5 Å². The Kier molecular flexibility index (Phi) is 1.87. The summed E-state index contributed by atoms with van der Waals surface area (Å²) >= 11 is 11.5. The zero-order valence-electron chi connectivity index (χ0n) is 5.96. The van der Waals surface area contributed by atoms with Crippen LogP contribution in [0.1, 0.15) is 0 Å². The molecule has 0 aromatic carbocycles. The Morgan fingerprint density at radius 2 is 2.08 bits per heavy atom. The second-order valence-electron chi connectivity index (χ2n) is 2.33. The lowest BCUT2D eigenvalue weighted by Gasteiger charge is -1.97. The average Bonchev–Trinajstić information content (AvgIpc) is 2.07. The van der Waals surface area contributed by atoms with Crippen LogP contribution in [0.5, 0.6) is 0 Å². The minimum Gasteiger partial charge on any atom is -0.264 e. The van der Waals surface area contributed by atoms with Crippen LogP contribution >= 0.6 is 23.2 Å². The molecule has 2 rings (SSSR count). The molecule has 2 aromatic rings. The molecule has 0 fully saturated rings. The normalized spacial score (nSPS) is 10.5. The van der Waals surface area contributed by atoms with Crippen LogP contribution in [-0.4, -0.2) is 9.97 Å². The van der Waals surface area contributed by atoms with E-state index in [1.807, 2.05) is 0 Å². The Labute approximate surface area is 79.2 Å². The maximum atomic E-state index is 5.77. The minimum atomic E-state index is 0.329. The molecule has 0 saturated carbocycles. The summed E-state index contributed by atoms with van der Waals surface area (Å²) in [5, 5.41) is 1.68. The molecule has 0 saturated heterocycles. The monoisotopic (exact) mass is 198 g/mol. The minimum absolute atomic E-state index is 0.329. The molecule has 2 nitrogen and oxygen atoms in total. The van der Waals surface area contributed by atoms with Gasteiger partial charge in [-0.05, 0) is 12.1 Å². The number of pyridine rings is 2. The number of hydrogen-bond acceptors (Lipinski definition) is 2. The van der Waals surface area contributed by atoms with Crippen molar-refractivity contribution in [3.63, 3.8) is 0 Å². The Balaban J connectivity index is 2.84. The molecule has 0 atom stereocenters. The van der Waals surface area contributed by atoms with Crippen LogP contribution in [0.25, 0.3) is 10.9 Å². The SMILES string of the molecule is Clc1cc2cnccc2nc1Cl. The van der Waals surface area contributed by atoms with E-state index in [2.05, 4.69) is 9.97 Å². The third-order valence-corrected chi connectivity index (χ3v) is 2.20. The van der Waals surface area contributed by atoms with E-state index in [0.717, 1.165) is 10.9 Å². The van der Waals surface area contributed by atoms with Crippen molar-refractivity contribution in [2.75, 3.05) is 0 Å². The third-order valence-electron chi connectivity index (χ3n) is 1.53. The molecule has 4 heteroatoms. The number of fused-ring (bicyclic) bond motifs is 1. The quantitative estimate of drug-likeness (QED) is 0.609. The van der Waals surface area contributed by atoms with Gasteiger partial charge in [-0.25, -0.2) is 4.98 Å². The molecule has 0 aliphatic carbocycles. The summed E-state index contributed by atoms with van der Waals surface area (Å²) in [5.74, 6) is 0. The molecule has 0 aliphatic heterocycles. The van der Waals surface area contributed by atoms with Crippen LogP contribution in [0.3, 0.4) is 0 Å². The van der Waals surface area contributed by atoms with Gasteiger partial charge in [0.1, 0.15) is 5.15 Å². The molecule has 2 aromatic heterocycles. The lowest BCUT2D eigenvalue weighted by Crippen LogP contribution is -1.81. The van der Waals surface area contributed by atoms with E-state index in [-0.39, 0.29) is 0 Å². The molecule has 0 spiro atoms. The molecule has 12 heavy (non-hydrogen) atoms. The highest BCUT2D eigenvalue weighted by molar-refractivity contribution is 6.41. The first-order chi connectivity index (χ1) is 5.77. The molecule has 0 amide bonds. The first-order valence-corrected chi connectivity index (χ1v) is 4.09. The van der Waals surface area contributed by atoms with Gasteiger partial charge in [-0.15, -0.1) is 0 Å². The Bertz CT molecular complexity index is 388. The van der Waals surface area contributed by atoms with E-state index in [9.17, 15) is 0 Å². The molecule has 0 unspecified atom stereocenters. The number of hydrogen-bond donors (Lipinski definition) is 0. The van der Waals surface area contributed by atoms with Crippen LogP contribution in [0.15, 0.2) is 24.5 Å². The van der Waals surface area contributed by atoms with E-state index < -0.39 is 0 Å². The zero-order valence-corrected chi connectivity index (χ0v) is 7.47. The van der Waals surface area contributed by atoms with Gasteiger partial charge in [-0.1, -0.05) is 23.2 Å². The summed E-state index contributed by atoms with van der Waals surface area (Å²) in [6, 6.07) is 3.54. The maximum Gasteiger partial charge on any atom is 0.148 e. The lowest BCUT2D eigenvalue weighted by atomic mass is 10.3. The van der Waals surface area contributed by atoms with Gasteiger partial charge < -0.3 is 0 Å². The van der Waals surface area contributed by atoms with Crippen molar-refractivity contribution in [2.45, 2.75) is 0 Å². The first kappa shape index (κ1) is 7.77. The standard InChI is InChI=1S/C8H4Cl2N2/c9-6-3-5-4-11-2-1-7(5)12-8(6)10/h1-4H. The van der Waals surface area contributed by atoms with Gasteiger partial charge >= 0.3 is 0 Å². The van der Waals surface area contributed by atoms with Gasteiger partial charge in [0.25, 0.3) is 0 Å². The largest absolute Gasteiger partial charge is 0.264 e. The van der Waals surface area contributed by atoms with E-state index in [1.165, 1.54) is 0 Å². The molecule has 0 bridgehead atoms. The fourth-order valence-corrected chi connectivity index (χ4v) is 1.27. The van der Waals surface area contributed by atoms with Crippen molar-refractivity contribution < 1.29 is 0 Å². The molecule has 2 heterocycles. The predicted molar refractivity (Wildman–Crippen MR) is 49.6 cm³/mol. The Morgan fingerprint density at radius 1 is 1.25 bits per heavy atom. The molecule has 0 N–H and O–H groups in total. The number of halogens is 2. The van der Waals surface area contributed by atoms with E-state index >= 15 is 0 Å². The highest BCUT2D eigenvalue weighted by Crippen LogP contribution is 2.23. The number of nitrogens with zero attached hydrogens (tertiary/aromatic N) is 2. The average molecular weight is 199 g/mol. The lowest BCUT2D eigenvalue weighted by molar-refractivity contribution is 1.32. The van der Waals surface area contributed by atoms with Gasteiger partial charge in [0.05, 0.1) is 10.5 Å². The molecule has 0 radical (unpaired) electrons. The molecular formula is C8H4Cl2N2. The second-order valence-corrected chi connectivity index (χ2v) is 3.09. The Morgan fingerprint density at radius 3 is 2.92 bits per heavy atom. The summed E-state index contributed by atoms with van der Waals surface area (Å²) < 4.78 is 0. The second kappa shape index (κ2) is 2.88. The van der Waals surface area contributed by atoms with Crippen molar-refractivity contribution in [1.29, 1.82) is 0 Å².